The van der Waals surface area contributed by atoms with Crippen LogP contribution in [-0.4, -0.2) is 68.0 Å². The van der Waals surface area contributed by atoms with Gasteiger partial charge in [-0.3, -0.25) is 5.41 Å². The van der Waals surface area contributed by atoms with E-state index in [0.29, 0.717) is 0 Å². The first-order chi connectivity index (χ1) is 8.58. The summed E-state index contributed by atoms with van der Waals surface area (Å²) in [4.78, 5) is 3.81. The van der Waals surface area contributed by atoms with Gasteiger partial charge in [0, 0.05) is 0 Å². The van der Waals surface area contributed by atoms with Crippen molar-refractivity contribution in [2.75, 3.05) is 13.7 Å². The molecule has 0 aromatic carbocycles. The third-order valence-electron chi connectivity index (χ3n) is 2.69. The SMILES string of the molecule is COC(=N)c1ncn([C@@H]2O[C@H](CO)C(O)[C@@H]2O)n1. The van der Waals surface area contributed by atoms with Crippen LogP contribution >= 0.6 is 0 Å². The fourth-order valence-electron chi connectivity index (χ4n) is 1.69. The van der Waals surface area contributed by atoms with Crippen molar-refractivity contribution in [2.45, 2.75) is 24.5 Å². The molecule has 0 radical (unpaired) electrons. The highest BCUT2D eigenvalue weighted by molar-refractivity contribution is 5.87. The van der Waals surface area contributed by atoms with Crippen LogP contribution in [0, 0.1) is 5.41 Å². The number of hydrogen-bond donors (Lipinski definition) is 4. The summed E-state index contributed by atoms with van der Waals surface area (Å²) in [6, 6.07) is 0. The second-order valence-corrected chi connectivity index (χ2v) is 3.81. The number of aliphatic hydroxyl groups excluding tert-OH is 3. The summed E-state index contributed by atoms with van der Waals surface area (Å²) in [7, 11) is 1.31. The molecule has 2 heterocycles. The average Bonchev–Trinajstić information content (AvgIpc) is 2.96. The third kappa shape index (κ3) is 2.08. The van der Waals surface area contributed by atoms with E-state index < -0.39 is 31.1 Å². The molecule has 18 heavy (non-hydrogen) atoms. The number of rotatable bonds is 3. The number of methoxy groups -OCH3 is 1. The van der Waals surface area contributed by atoms with Crippen LogP contribution in [0.5, 0.6) is 0 Å². The first kappa shape index (κ1) is 12.9. The first-order valence-corrected chi connectivity index (χ1v) is 5.25. The Kier molecular flexibility index (Phi) is 3.57. The van der Waals surface area contributed by atoms with Crippen molar-refractivity contribution in [3.05, 3.63) is 12.2 Å². The van der Waals surface area contributed by atoms with E-state index in [-0.39, 0.29) is 11.7 Å². The molecule has 0 spiro atoms. The van der Waals surface area contributed by atoms with Crippen LogP contribution < -0.4 is 0 Å². The molecule has 0 aliphatic carbocycles. The van der Waals surface area contributed by atoms with Gasteiger partial charge >= 0.3 is 0 Å². The lowest BCUT2D eigenvalue weighted by molar-refractivity contribution is -0.0588. The van der Waals surface area contributed by atoms with E-state index in [9.17, 15) is 10.2 Å². The largest absolute Gasteiger partial charge is 0.479 e. The fourth-order valence-corrected chi connectivity index (χ4v) is 1.69. The topological polar surface area (TPSA) is 134 Å². The van der Waals surface area contributed by atoms with Gasteiger partial charge < -0.3 is 24.8 Å². The number of aromatic nitrogens is 3. The third-order valence-corrected chi connectivity index (χ3v) is 2.69. The predicted octanol–water partition coefficient (Wildman–Crippen LogP) is -2.14. The van der Waals surface area contributed by atoms with E-state index in [1.165, 1.54) is 18.1 Å². The molecule has 4 N–H and O–H groups in total. The van der Waals surface area contributed by atoms with Gasteiger partial charge in [0.15, 0.2) is 6.23 Å². The Labute approximate surface area is 102 Å². The predicted molar refractivity (Wildman–Crippen MR) is 56.9 cm³/mol. The van der Waals surface area contributed by atoms with Crippen LogP contribution in [0.2, 0.25) is 0 Å². The van der Waals surface area contributed by atoms with E-state index in [0.717, 1.165) is 0 Å². The van der Waals surface area contributed by atoms with E-state index in [1.54, 1.807) is 0 Å². The Morgan fingerprint density at radius 3 is 2.83 bits per heavy atom. The Morgan fingerprint density at radius 1 is 1.56 bits per heavy atom. The fraction of sp³-hybridized carbons (Fsp3) is 0.667. The molecule has 1 fully saturated rings. The van der Waals surface area contributed by atoms with Gasteiger partial charge in [-0.25, -0.2) is 9.67 Å². The summed E-state index contributed by atoms with van der Waals surface area (Å²) < 4.78 is 11.1. The Morgan fingerprint density at radius 2 is 2.28 bits per heavy atom. The van der Waals surface area contributed by atoms with Crippen LogP contribution in [0.3, 0.4) is 0 Å². The normalized spacial score (nSPS) is 31.6. The van der Waals surface area contributed by atoms with Gasteiger partial charge in [-0.05, 0) is 0 Å². The van der Waals surface area contributed by atoms with E-state index >= 15 is 0 Å². The summed E-state index contributed by atoms with van der Waals surface area (Å²) in [6.45, 7) is -0.413. The summed E-state index contributed by atoms with van der Waals surface area (Å²) >= 11 is 0. The zero-order chi connectivity index (χ0) is 13.3. The van der Waals surface area contributed by atoms with Crippen molar-refractivity contribution in [2.24, 2.45) is 0 Å². The standard InChI is InChI=1S/C9H14N4O5/c1-17-7(10)8-11-3-13(12-8)9-6(16)5(15)4(2-14)18-9/h3-6,9-10,14-16H,2H2,1H3/t4-,5?,6+,9-/m1/s1. The molecule has 1 unspecified atom stereocenters. The average molecular weight is 258 g/mol. The maximum Gasteiger partial charge on any atom is 0.253 e. The Balaban J connectivity index is 2.17. The number of nitrogens with one attached hydrogen (secondary N) is 1. The number of aliphatic hydroxyl groups is 3. The summed E-state index contributed by atoms with van der Waals surface area (Å²) in [5, 5.41) is 39.6. The minimum absolute atomic E-state index is 0.0373. The van der Waals surface area contributed by atoms with Crippen molar-refractivity contribution in [1.82, 2.24) is 14.8 Å². The molecule has 1 aromatic heterocycles. The minimum Gasteiger partial charge on any atom is -0.479 e. The second-order valence-electron chi connectivity index (χ2n) is 3.81. The van der Waals surface area contributed by atoms with Crippen LogP contribution in [0.25, 0.3) is 0 Å². The van der Waals surface area contributed by atoms with Crippen LogP contribution in [0.15, 0.2) is 6.33 Å². The Bertz CT molecular complexity index is 436. The molecule has 4 atom stereocenters. The molecule has 1 aromatic rings. The molecule has 9 heteroatoms. The van der Waals surface area contributed by atoms with Crippen LogP contribution in [-0.2, 0) is 9.47 Å². The van der Waals surface area contributed by atoms with Crippen molar-refractivity contribution in [1.29, 1.82) is 5.41 Å². The lowest BCUT2D eigenvalue weighted by Crippen LogP contribution is -2.33. The molecule has 1 saturated heterocycles. The summed E-state index contributed by atoms with van der Waals surface area (Å²) in [6.07, 6.45) is -3.01. The molecule has 9 nitrogen and oxygen atoms in total. The molecule has 0 saturated carbocycles. The molecule has 0 bridgehead atoms. The zero-order valence-corrected chi connectivity index (χ0v) is 9.59. The maximum atomic E-state index is 9.76. The molecular weight excluding hydrogens is 244 g/mol. The Hall–Kier alpha value is -1.55. The molecule has 100 valence electrons. The lowest BCUT2D eigenvalue weighted by Gasteiger charge is -2.13. The van der Waals surface area contributed by atoms with Crippen LogP contribution in [0.1, 0.15) is 12.1 Å². The lowest BCUT2D eigenvalue weighted by atomic mass is 10.1. The van der Waals surface area contributed by atoms with Gasteiger partial charge in [0.1, 0.15) is 24.6 Å². The summed E-state index contributed by atoms with van der Waals surface area (Å²) in [5.74, 6) is -0.185. The molecule has 1 aliphatic rings. The van der Waals surface area contributed by atoms with Crippen molar-refractivity contribution < 1.29 is 24.8 Å². The minimum atomic E-state index is -1.23. The van der Waals surface area contributed by atoms with Gasteiger partial charge in [-0.15, -0.1) is 5.10 Å². The van der Waals surface area contributed by atoms with Gasteiger partial charge in [0.2, 0.25) is 5.82 Å². The first-order valence-electron chi connectivity index (χ1n) is 5.25. The van der Waals surface area contributed by atoms with Crippen molar-refractivity contribution >= 4 is 5.90 Å². The van der Waals surface area contributed by atoms with E-state index in [2.05, 4.69) is 14.8 Å². The second kappa shape index (κ2) is 4.98. The van der Waals surface area contributed by atoms with E-state index in [1.807, 2.05) is 0 Å². The number of nitrogens with zero attached hydrogens (tertiary/aromatic N) is 3. The molecular formula is C9H14N4O5. The number of ether oxygens (including phenoxy) is 2. The quantitative estimate of drug-likeness (QED) is 0.359. The van der Waals surface area contributed by atoms with Crippen molar-refractivity contribution in [3.8, 4) is 0 Å². The highest BCUT2D eigenvalue weighted by atomic mass is 16.6. The molecule has 1 aliphatic heterocycles. The molecule has 0 amide bonds. The van der Waals surface area contributed by atoms with Crippen LogP contribution in [0.4, 0.5) is 0 Å². The van der Waals surface area contributed by atoms with E-state index in [4.69, 9.17) is 15.3 Å². The highest BCUT2D eigenvalue weighted by Gasteiger charge is 2.43. The van der Waals surface area contributed by atoms with Gasteiger partial charge in [-0.2, -0.15) is 0 Å². The summed E-state index contributed by atoms with van der Waals surface area (Å²) in [5.41, 5.74) is 0. The van der Waals surface area contributed by atoms with Gasteiger partial charge in [0.25, 0.3) is 5.90 Å². The maximum absolute atomic E-state index is 9.76. The highest BCUT2D eigenvalue weighted by Crippen LogP contribution is 2.28. The smallest absolute Gasteiger partial charge is 0.253 e. The molecule has 2 rings (SSSR count). The van der Waals surface area contributed by atoms with Crippen molar-refractivity contribution in [3.63, 3.8) is 0 Å². The zero-order valence-electron chi connectivity index (χ0n) is 9.59. The van der Waals surface area contributed by atoms with Gasteiger partial charge in [0.05, 0.1) is 13.7 Å². The monoisotopic (exact) mass is 258 g/mol. The number of hydrogen-bond acceptors (Lipinski definition) is 8. The van der Waals surface area contributed by atoms with Gasteiger partial charge in [-0.1, -0.05) is 0 Å².